The van der Waals surface area contributed by atoms with E-state index in [9.17, 15) is 9.18 Å². The average molecular weight is 285 g/mol. The van der Waals surface area contributed by atoms with Crippen molar-refractivity contribution in [3.05, 3.63) is 23.8 Å². The van der Waals surface area contributed by atoms with E-state index >= 15 is 0 Å². The van der Waals surface area contributed by atoms with Gasteiger partial charge in [0, 0.05) is 0 Å². The van der Waals surface area contributed by atoms with Gasteiger partial charge in [-0.05, 0) is 24.2 Å². The standard InChI is InChI=1S/C13H20FNO3Si/c1-13(2,3)19(5,6)18-9-7-10(12(16)17-4)11(14)15-8-9/h7-8H,1-6H3. The van der Waals surface area contributed by atoms with E-state index in [0.717, 1.165) is 0 Å². The molecule has 1 aromatic heterocycles. The fourth-order valence-electron chi connectivity index (χ4n) is 1.19. The van der Waals surface area contributed by atoms with Crippen LogP contribution in [-0.2, 0) is 4.74 Å². The normalized spacial score (nSPS) is 12.2. The third-order valence-electron chi connectivity index (χ3n) is 3.40. The molecule has 0 saturated carbocycles. The van der Waals surface area contributed by atoms with Crippen LogP contribution in [-0.4, -0.2) is 26.4 Å². The summed E-state index contributed by atoms with van der Waals surface area (Å²) in [6.45, 7) is 10.4. The van der Waals surface area contributed by atoms with E-state index in [-0.39, 0.29) is 10.6 Å². The number of halogens is 1. The number of nitrogens with zero attached hydrogens (tertiary/aromatic N) is 1. The Morgan fingerprint density at radius 2 is 1.95 bits per heavy atom. The summed E-state index contributed by atoms with van der Waals surface area (Å²) < 4.78 is 23.9. The highest BCUT2D eigenvalue weighted by atomic mass is 28.4. The molecule has 19 heavy (non-hydrogen) atoms. The number of hydrogen-bond donors (Lipinski definition) is 0. The molecule has 0 bridgehead atoms. The molecule has 0 aliphatic rings. The molecule has 0 spiro atoms. The molecule has 106 valence electrons. The summed E-state index contributed by atoms with van der Waals surface area (Å²) in [4.78, 5) is 14.9. The zero-order chi connectivity index (χ0) is 14.8. The maximum atomic E-state index is 13.4. The van der Waals surface area contributed by atoms with Crippen molar-refractivity contribution in [1.29, 1.82) is 0 Å². The molecular formula is C13H20FNO3Si. The number of aromatic nitrogens is 1. The number of pyridine rings is 1. The van der Waals surface area contributed by atoms with Crippen molar-refractivity contribution < 1.29 is 18.3 Å². The lowest BCUT2D eigenvalue weighted by molar-refractivity contribution is 0.0594. The number of esters is 1. The lowest BCUT2D eigenvalue weighted by Crippen LogP contribution is -2.43. The Hall–Kier alpha value is -1.43. The van der Waals surface area contributed by atoms with Crippen LogP contribution in [0, 0.1) is 5.95 Å². The van der Waals surface area contributed by atoms with Gasteiger partial charge < -0.3 is 9.16 Å². The monoisotopic (exact) mass is 285 g/mol. The number of hydrogen-bond acceptors (Lipinski definition) is 4. The van der Waals surface area contributed by atoms with Crippen molar-refractivity contribution in [2.45, 2.75) is 38.9 Å². The van der Waals surface area contributed by atoms with E-state index in [0.29, 0.717) is 5.75 Å². The van der Waals surface area contributed by atoms with E-state index in [1.807, 2.05) is 0 Å². The summed E-state index contributed by atoms with van der Waals surface area (Å²) >= 11 is 0. The van der Waals surface area contributed by atoms with Gasteiger partial charge in [0.05, 0.1) is 13.3 Å². The smallest absolute Gasteiger partial charge is 0.342 e. The number of methoxy groups -OCH3 is 1. The zero-order valence-corrected chi connectivity index (χ0v) is 13.2. The molecule has 0 aromatic carbocycles. The Morgan fingerprint density at radius 3 is 2.42 bits per heavy atom. The first kappa shape index (κ1) is 15.6. The van der Waals surface area contributed by atoms with Gasteiger partial charge in [-0.15, -0.1) is 0 Å². The van der Waals surface area contributed by atoms with E-state index in [4.69, 9.17) is 4.43 Å². The summed E-state index contributed by atoms with van der Waals surface area (Å²) in [6.07, 6.45) is 1.29. The largest absolute Gasteiger partial charge is 0.542 e. The second-order valence-electron chi connectivity index (χ2n) is 5.86. The van der Waals surface area contributed by atoms with Crippen LogP contribution in [0.2, 0.25) is 18.1 Å². The Balaban J connectivity index is 3.08. The number of carbonyl (C=O) groups is 1. The van der Waals surface area contributed by atoms with Crippen molar-refractivity contribution >= 4 is 14.3 Å². The first-order valence-corrected chi connectivity index (χ1v) is 8.92. The molecule has 0 radical (unpaired) electrons. The molecule has 1 rings (SSSR count). The second-order valence-corrected chi connectivity index (χ2v) is 10.6. The van der Waals surface area contributed by atoms with Crippen molar-refractivity contribution in [1.82, 2.24) is 4.98 Å². The van der Waals surface area contributed by atoms with Gasteiger partial charge in [-0.3, -0.25) is 0 Å². The van der Waals surface area contributed by atoms with Crippen molar-refractivity contribution in [3.63, 3.8) is 0 Å². The van der Waals surface area contributed by atoms with E-state index in [1.165, 1.54) is 19.4 Å². The summed E-state index contributed by atoms with van der Waals surface area (Å²) in [5.74, 6) is -1.21. The maximum Gasteiger partial charge on any atom is 0.342 e. The van der Waals surface area contributed by atoms with E-state index < -0.39 is 20.2 Å². The fraction of sp³-hybridized carbons (Fsp3) is 0.538. The lowest BCUT2D eigenvalue weighted by Gasteiger charge is -2.36. The molecular weight excluding hydrogens is 265 g/mol. The molecule has 0 unspecified atom stereocenters. The van der Waals surface area contributed by atoms with Crippen LogP contribution in [0.3, 0.4) is 0 Å². The first-order chi connectivity index (χ1) is 8.58. The van der Waals surface area contributed by atoms with Crippen LogP contribution in [0.4, 0.5) is 4.39 Å². The molecule has 0 aliphatic heterocycles. The van der Waals surface area contributed by atoms with E-state index in [1.54, 1.807) is 0 Å². The summed E-state index contributed by atoms with van der Waals surface area (Å²) in [7, 11) is -0.848. The van der Waals surface area contributed by atoms with Crippen LogP contribution < -0.4 is 4.43 Å². The molecule has 0 aliphatic carbocycles. The van der Waals surface area contributed by atoms with Crippen LogP contribution in [0.25, 0.3) is 0 Å². The van der Waals surface area contributed by atoms with Gasteiger partial charge in [-0.25, -0.2) is 9.78 Å². The van der Waals surface area contributed by atoms with Crippen molar-refractivity contribution in [2.75, 3.05) is 7.11 Å². The highest BCUT2D eigenvalue weighted by Crippen LogP contribution is 2.37. The number of carbonyl (C=O) groups excluding carboxylic acids is 1. The van der Waals surface area contributed by atoms with Gasteiger partial charge in [0.25, 0.3) is 8.32 Å². The van der Waals surface area contributed by atoms with Crippen molar-refractivity contribution in [3.8, 4) is 5.75 Å². The minimum Gasteiger partial charge on any atom is -0.542 e. The Labute approximate surface area is 114 Å². The lowest BCUT2D eigenvalue weighted by atomic mass is 10.2. The maximum absolute atomic E-state index is 13.4. The van der Waals surface area contributed by atoms with Gasteiger partial charge in [-0.1, -0.05) is 20.8 Å². The van der Waals surface area contributed by atoms with Crippen LogP contribution in [0.15, 0.2) is 12.3 Å². The van der Waals surface area contributed by atoms with Gasteiger partial charge in [0.1, 0.15) is 11.3 Å². The molecule has 1 aromatic rings. The van der Waals surface area contributed by atoms with Gasteiger partial charge in [0.2, 0.25) is 5.95 Å². The SMILES string of the molecule is COC(=O)c1cc(O[Si](C)(C)C(C)(C)C)cnc1F. The third-order valence-corrected chi connectivity index (χ3v) is 7.76. The van der Waals surface area contributed by atoms with Crippen LogP contribution >= 0.6 is 0 Å². The fourth-order valence-corrected chi connectivity index (χ4v) is 2.19. The molecule has 6 heteroatoms. The van der Waals surface area contributed by atoms with Gasteiger partial charge in [0.15, 0.2) is 0 Å². The highest BCUT2D eigenvalue weighted by Gasteiger charge is 2.39. The van der Waals surface area contributed by atoms with Crippen LogP contribution in [0.5, 0.6) is 5.75 Å². The zero-order valence-electron chi connectivity index (χ0n) is 12.2. The van der Waals surface area contributed by atoms with E-state index in [2.05, 4.69) is 43.6 Å². The first-order valence-electron chi connectivity index (χ1n) is 6.01. The average Bonchev–Trinajstić information content (AvgIpc) is 2.29. The van der Waals surface area contributed by atoms with Gasteiger partial charge in [-0.2, -0.15) is 4.39 Å². The topological polar surface area (TPSA) is 48.4 Å². The highest BCUT2D eigenvalue weighted by molar-refractivity contribution is 6.74. The molecule has 0 amide bonds. The Bertz CT molecular complexity index is 483. The molecule has 4 nitrogen and oxygen atoms in total. The predicted octanol–water partition coefficient (Wildman–Crippen LogP) is 3.39. The third kappa shape index (κ3) is 3.53. The molecule has 0 N–H and O–H groups in total. The number of ether oxygens (including phenoxy) is 1. The molecule has 1 heterocycles. The molecule has 0 fully saturated rings. The number of rotatable bonds is 3. The summed E-state index contributed by atoms with van der Waals surface area (Å²) in [5.41, 5.74) is -0.210. The minimum absolute atomic E-state index is 0.00676. The predicted molar refractivity (Wildman–Crippen MR) is 73.4 cm³/mol. The quantitative estimate of drug-likeness (QED) is 0.485. The summed E-state index contributed by atoms with van der Waals surface area (Å²) in [5, 5.41) is 0.00676. The summed E-state index contributed by atoms with van der Waals surface area (Å²) in [6, 6.07) is 1.34. The Morgan fingerprint density at radius 1 is 1.37 bits per heavy atom. The van der Waals surface area contributed by atoms with Crippen molar-refractivity contribution in [2.24, 2.45) is 0 Å². The van der Waals surface area contributed by atoms with Crippen LogP contribution in [0.1, 0.15) is 31.1 Å². The second kappa shape index (κ2) is 5.28. The van der Waals surface area contributed by atoms with Gasteiger partial charge >= 0.3 is 5.97 Å². The minimum atomic E-state index is -2.05. The molecule has 0 saturated heterocycles. The Kier molecular flexibility index (Phi) is 4.34. The molecule has 0 atom stereocenters.